The van der Waals surface area contributed by atoms with Gasteiger partial charge in [-0.05, 0) is 86.8 Å². The maximum absolute atomic E-state index is 13.7. The molecule has 2 aromatic rings. The number of imide groups is 1. The lowest BCUT2D eigenvalue weighted by Crippen LogP contribution is -2.48. The van der Waals surface area contributed by atoms with Gasteiger partial charge in [0.1, 0.15) is 12.4 Å². The van der Waals surface area contributed by atoms with Crippen LogP contribution in [0.5, 0.6) is 0 Å². The van der Waals surface area contributed by atoms with Crippen molar-refractivity contribution in [2.24, 2.45) is 11.7 Å². The smallest absolute Gasteiger partial charge is 0.418 e. The molecule has 3 aliphatic carbocycles. The van der Waals surface area contributed by atoms with Crippen molar-refractivity contribution in [1.29, 1.82) is 0 Å². The minimum Gasteiger partial charge on any atom is -0.427 e. The van der Waals surface area contributed by atoms with Gasteiger partial charge in [-0.15, -0.1) is 0 Å². The predicted molar refractivity (Wildman–Crippen MR) is 143 cm³/mol. The maximum Gasteiger partial charge on any atom is 0.418 e. The zero-order chi connectivity index (χ0) is 27.4. The van der Waals surface area contributed by atoms with Crippen molar-refractivity contribution >= 4 is 23.6 Å². The number of nitrogens with two attached hydrogens (primary N) is 1. The summed E-state index contributed by atoms with van der Waals surface area (Å²) >= 11 is 0. The van der Waals surface area contributed by atoms with Crippen LogP contribution < -0.4 is 11.1 Å². The number of fused-ring (bicyclic) bond motifs is 2. The Bertz CT molecular complexity index is 1310. The van der Waals surface area contributed by atoms with Crippen molar-refractivity contribution < 1.29 is 23.5 Å². The summed E-state index contributed by atoms with van der Waals surface area (Å²) in [6.07, 6.45) is 4.85. The number of nitrogens with zero attached hydrogens (tertiary/aromatic N) is 2. The highest BCUT2D eigenvalue weighted by Crippen LogP contribution is 2.46. The summed E-state index contributed by atoms with van der Waals surface area (Å²) in [5.41, 5.74) is 8.18. The number of amides is 3. The molecule has 1 spiro atoms. The third-order valence-electron chi connectivity index (χ3n) is 8.86. The highest BCUT2D eigenvalue weighted by Gasteiger charge is 2.58. The third-order valence-corrected chi connectivity index (χ3v) is 8.86. The number of halogens is 1. The fourth-order valence-corrected chi connectivity index (χ4v) is 5.89. The molecule has 3 N–H and O–H groups in total. The Balaban J connectivity index is 1.15. The number of aryl methyl sites for hydroxylation is 1. The van der Waals surface area contributed by atoms with E-state index in [9.17, 15) is 18.8 Å². The van der Waals surface area contributed by atoms with Crippen LogP contribution in [0.15, 0.2) is 42.5 Å². The number of anilines is 1. The van der Waals surface area contributed by atoms with E-state index in [4.69, 9.17) is 10.5 Å². The van der Waals surface area contributed by atoms with Gasteiger partial charge in [-0.1, -0.05) is 18.2 Å². The summed E-state index contributed by atoms with van der Waals surface area (Å²) < 4.78 is 19.1. The number of benzene rings is 2. The second-order valence-electron chi connectivity index (χ2n) is 11.7. The van der Waals surface area contributed by atoms with Crippen molar-refractivity contribution in [3.05, 3.63) is 65.0 Å². The molecule has 1 aliphatic heterocycles. The number of ether oxygens (including phenoxy) is 1. The molecule has 2 saturated carbocycles. The normalized spacial score (nSPS) is 23.5. The predicted octanol–water partition coefficient (Wildman–Crippen LogP) is 3.72. The first-order valence-electron chi connectivity index (χ1n) is 13.9. The third kappa shape index (κ3) is 5.00. The molecule has 0 aromatic heterocycles. The minimum atomic E-state index is -1.38. The Morgan fingerprint density at radius 1 is 1.18 bits per heavy atom. The molecule has 1 unspecified atom stereocenters. The Morgan fingerprint density at radius 3 is 2.62 bits per heavy atom. The fourth-order valence-electron chi connectivity index (χ4n) is 5.89. The standard InChI is InChI=1S/C30H35FN4O4/c1-19(21-4-5-21)34(15-11-20-2-6-23(31)7-3-20)26(36)17-35-27(37)30(39-28(35)38)12-10-22-16-24(8-9-25(22)30)33-18-29(32)13-14-29/h2-3,6-9,16,19,21,33H,4-5,10-15,17-18,32H2,1H3/t19-,30?/m0/s1. The number of hydrogen-bond donors (Lipinski definition) is 2. The van der Waals surface area contributed by atoms with Crippen molar-refractivity contribution in [1.82, 2.24) is 9.80 Å². The van der Waals surface area contributed by atoms with Gasteiger partial charge in [-0.25, -0.2) is 14.1 Å². The van der Waals surface area contributed by atoms with Crippen LogP contribution >= 0.6 is 0 Å². The number of nitrogens with one attached hydrogen (secondary N) is 1. The summed E-state index contributed by atoms with van der Waals surface area (Å²) in [5, 5.41) is 3.38. The molecular weight excluding hydrogens is 499 g/mol. The molecule has 39 heavy (non-hydrogen) atoms. The largest absolute Gasteiger partial charge is 0.427 e. The number of carbonyl (C=O) groups is 3. The van der Waals surface area contributed by atoms with Gasteiger partial charge in [0, 0.05) is 42.3 Å². The molecule has 0 bridgehead atoms. The van der Waals surface area contributed by atoms with E-state index in [0.717, 1.165) is 47.4 Å². The first kappa shape index (κ1) is 25.8. The molecule has 2 atom stereocenters. The number of hydrogen-bond acceptors (Lipinski definition) is 6. The summed E-state index contributed by atoms with van der Waals surface area (Å²) in [6.45, 7) is 2.78. The highest BCUT2D eigenvalue weighted by molar-refractivity contribution is 6.06. The number of carbonyl (C=O) groups excluding carboxylic acids is 3. The van der Waals surface area contributed by atoms with E-state index in [0.29, 0.717) is 43.8 Å². The van der Waals surface area contributed by atoms with E-state index in [1.54, 1.807) is 17.0 Å². The highest BCUT2D eigenvalue weighted by atomic mass is 19.1. The molecule has 0 radical (unpaired) electrons. The zero-order valence-corrected chi connectivity index (χ0v) is 22.2. The van der Waals surface area contributed by atoms with Gasteiger partial charge in [-0.2, -0.15) is 0 Å². The quantitative estimate of drug-likeness (QED) is 0.482. The van der Waals surface area contributed by atoms with Gasteiger partial charge in [0.2, 0.25) is 11.5 Å². The molecule has 206 valence electrons. The van der Waals surface area contributed by atoms with E-state index in [-0.39, 0.29) is 29.8 Å². The lowest BCUT2D eigenvalue weighted by atomic mass is 9.94. The van der Waals surface area contributed by atoms with E-state index in [1.807, 2.05) is 25.1 Å². The average Bonchev–Trinajstić information content (AvgIpc) is 3.85. The van der Waals surface area contributed by atoms with E-state index in [1.165, 1.54) is 12.1 Å². The summed E-state index contributed by atoms with van der Waals surface area (Å²) in [7, 11) is 0. The van der Waals surface area contributed by atoms with E-state index < -0.39 is 17.6 Å². The Kier molecular flexibility index (Phi) is 6.37. The maximum atomic E-state index is 13.7. The van der Waals surface area contributed by atoms with Crippen molar-refractivity contribution in [2.45, 2.75) is 69.1 Å². The fraction of sp³-hybridized carbons (Fsp3) is 0.500. The van der Waals surface area contributed by atoms with Gasteiger partial charge in [0.15, 0.2) is 0 Å². The van der Waals surface area contributed by atoms with Crippen molar-refractivity contribution in [3.63, 3.8) is 0 Å². The summed E-state index contributed by atoms with van der Waals surface area (Å²) in [6, 6.07) is 12.0. The van der Waals surface area contributed by atoms with Crippen LogP contribution in [0.2, 0.25) is 0 Å². The Morgan fingerprint density at radius 2 is 1.92 bits per heavy atom. The monoisotopic (exact) mass is 534 g/mol. The van der Waals surface area contributed by atoms with Gasteiger partial charge in [0.05, 0.1) is 0 Å². The van der Waals surface area contributed by atoms with Crippen molar-refractivity contribution in [3.8, 4) is 0 Å². The molecule has 4 aliphatic rings. The Hall–Kier alpha value is -3.46. The summed E-state index contributed by atoms with van der Waals surface area (Å²) in [5.74, 6) is -0.654. The average molecular weight is 535 g/mol. The molecule has 2 aromatic carbocycles. The van der Waals surface area contributed by atoms with Gasteiger partial charge < -0.3 is 20.7 Å². The Labute approximate surface area is 227 Å². The first-order valence-corrected chi connectivity index (χ1v) is 13.9. The molecule has 1 saturated heterocycles. The molecule has 3 amide bonds. The van der Waals surface area contributed by atoms with Gasteiger partial charge >= 0.3 is 6.09 Å². The van der Waals surface area contributed by atoms with Crippen LogP contribution in [0.25, 0.3) is 0 Å². The SMILES string of the molecule is C[C@@H](C1CC1)N(CCc1ccc(F)cc1)C(=O)CN1C(=O)OC2(CCc3cc(NCC4(N)CC4)ccc32)C1=O. The minimum absolute atomic E-state index is 0.0120. The zero-order valence-electron chi connectivity index (χ0n) is 22.2. The van der Waals surface area contributed by atoms with Gasteiger partial charge in [0.25, 0.3) is 5.91 Å². The molecule has 1 heterocycles. The van der Waals surface area contributed by atoms with Crippen LogP contribution in [0.3, 0.4) is 0 Å². The van der Waals surface area contributed by atoms with Gasteiger partial charge in [-0.3, -0.25) is 9.59 Å². The van der Waals surface area contributed by atoms with Crippen molar-refractivity contribution in [2.75, 3.05) is 25.0 Å². The second-order valence-corrected chi connectivity index (χ2v) is 11.7. The molecule has 8 nitrogen and oxygen atoms in total. The molecule has 6 rings (SSSR count). The van der Waals surface area contributed by atoms with Crippen LogP contribution in [0.4, 0.5) is 14.9 Å². The van der Waals surface area contributed by atoms with E-state index in [2.05, 4.69) is 5.32 Å². The van der Waals surface area contributed by atoms with E-state index >= 15 is 0 Å². The summed E-state index contributed by atoms with van der Waals surface area (Å²) in [4.78, 5) is 42.9. The topological polar surface area (TPSA) is 105 Å². The lowest BCUT2D eigenvalue weighted by molar-refractivity contribution is -0.142. The van der Waals surface area contributed by atoms with Crippen LogP contribution in [0, 0.1) is 11.7 Å². The van der Waals surface area contributed by atoms with Crippen LogP contribution in [0.1, 0.15) is 55.7 Å². The second kappa shape index (κ2) is 9.62. The molecular formula is C30H35FN4O4. The first-order chi connectivity index (χ1) is 18.7. The molecule has 3 fully saturated rings. The molecule has 9 heteroatoms. The van der Waals surface area contributed by atoms with Crippen LogP contribution in [-0.2, 0) is 32.8 Å². The van der Waals surface area contributed by atoms with Crippen LogP contribution in [-0.4, -0.2) is 58.9 Å². The number of rotatable bonds is 10. The lowest BCUT2D eigenvalue weighted by Gasteiger charge is -2.30.